The number of amides is 1. The van der Waals surface area contributed by atoms with Crippen LogP contribution in [0.4, 0.5) is 5.82 Å². The van der Waals surface area contributed by atoms with E-state index in [9.17, 15) is 9.59 Å². The number of aryl methyl sites for hydroxylation is 2. The molecule has 21 heavy (non-hydrogen) atoms. The van der Waals surface area contributed by atoms with E-state index in [-0.39, 0.29) is 12.3 Å². The molecular formula is C14H24N4O3. The lowest BCUT2D eigenvalue weighted by atomic mass is 9.94. The summed E-state index contributed by atoms with van der Waals surface area (Å²) in [6.07, 6.45) is 0.885. The predicted molar refractivity (Wildman–Crippen MR) is 80.2 cm³/mol. The molecule has 0 bridgehead atoms. The minimum absolute atomic E-state index is 0.0153. The van der Waals surface area contributed by atoms with Crippen LogP contribution in [0.5, 0.6) is 0 Å². The number of rotatable bonds is 8. The largest absolute Gasteiger partial charge is 0.481 e. The fourth-order valence-electron chi connectivity index (χ4n) is 2.55. The van der Waals surface area contributed by atoms with Gasteiger partial charge in [-0.05, 0) is 25.2 Å². The predicted octanol–water partition coefficient (Wildman–Crippen LogP) is 1.38. The highest BCUT2D eigenvalue weighted by Crippen LogP contribution is 2.21. The van der Waals surface area contributed by atoms with Crippen molar-refractivity contribution in [3.05, 3.63) is 11.3 Å². The fourth-order valence-corrected chi connectivity index (χ4v) is 2.55. The molecule has 7 nitrogen and oxygen atoms in total. The zero-order chi connectivity index (χ0) is 16.2. The quantitative estimate of drug-likeness (QED) is 0.671. The van der Waals surface area contributed by atoms with Gasteiger partial charge in [0.1, 0.15) is 11.4 Å². The van der Waals surface area contributed by atoms with Gasteiger partial charge in [-0.15, -0.1) is 0 Å². The first-order chi connectivity index (χ1) is 9.72. The maximum Gasteiger partial charge on any atom is 0.303 e. The van der Waals surface area contributed by atoms with Crippen molar-refractivity contribution in [1.29, 1.82) is 0 Å². The molecule has 0 saturated heterocycles. The normalized spacial score (nSPS) is 12.4. The number of carbonyl (C=O) groups excluding carboxylic acids is 1. The molecule has 1 atom stereocenters. The Hall–Kier alpha value is -2.05. The van der Waals surface area contributed by atoms with E-state index in [4.69, 9.17) is 10.8 Å². The summed E-state index contributed by atoms with van der Waals surface area (Å²) in [7, 11) is 1.72. The molecule has 1 unspecified atom stereocenters. The summed E-state index contributed by atoms with van der Waals surface area (Å²) in [6, 6.07) is 0. The highest BCUT2D eigenvalue weighted by atomic mass is 16.4. The van der Waals surface area contributed by atoms with Crippen LogP contribution in [0.2, 0.25) is 0 Å². The van der Waals surface area contributed by atoms with Crippen molar-refractivity contribution in [2.45, 2.75) is 33.6 Å². The Balaban J connectivity index is 2.84. The number of carboxylic acids is 1. The Labute approximate surface area is 124 Å². The highest BCUT2D eigenvalue weighted by Gasteiger charge is 2.20. The lowest BCUT2D eigenvalue weighted by Crippen LogP contribution is -2.22. The average Bonchev–Trinajstić information content (AvgIpc) is 2.59. The molecule has 1 heterocycles. The van der Waals surface area contributed by atoms with Crippen LogP contribution >= 0.6 is 0 Å². The second-order valence-corrected chi connectivity index (χ2v) is 5.77. The first-order valence-corrected chi connectivity index (χ1v) is 7.01. The van der Waals surface area contributed by atoms with Crippen LogP contribution in [0.25, 0.3) is 0 Å². The number of nitrogens with zero attached hydrogens (tertiary/aromatic N) is 2. The summed E-state index contributed by atoms with van der Waals surface area (Å²) in [6.45, 7) is 6.29. The summed E-state index contributed by atoms with van der Waals surface area (Å²) in [5, 5.41) is 16.3. The standard InChI is InChI=1S/C14H24N4O3/c1-8(2)5-10(6-11(19)20)7-16-14-12(13(15)21)9(3)17-18(14)4/h8,10,16H,5-7H2,1-4H3,(H2,15,21)(H,19,20). The van der Waals surface area contributed by atoms with Crippen molar-refractivity contribution >= 4 is 17.7 Å². The molecule has 1 aromatic rings. The van der Waals surface area contributed by atoms with Crippen molar-refractivity contribution in [3.8, 4) is 0 Å². The zero-order valence-electron chi connectivity index (χ0n) is 13.0. The molecule has 0 spiro atoms. The minimum atomic E-state index is -0.821. The number of carbonyl (C=O) groups is 2. The third-order valence-electron chi connectivity index (χ3n) is 3.29. The number of aromatic nitrogens is 2. The van der Waals surface area contributed by atoms with Gasteiger partial charge in [-0.3, -0.25) is 14.3 Å². The van der Waals surface area contributed by atoms with Crippen LogP contribution in [0, 0.1) is 18.8 Å². The van der Waals surface area contributed by atoms with E-state index in [1.54, 1.807) is 18.7 Å². The van der Waals surface area contributed by atoms with Crippen molar-refractivity contribution in [3.63, 3.8) is 0 Å². The number of hydrogen-bond acceptors (Lipinski definition) is 4. The maximum absolute atomic E-state index is 11.5. The Morgan fingerprint density at radius 3 is 2.52 bits per heavy atom. The molecular weight excluding hydrogens is 272 g/mol. The van der Waals surface area contributed by atoms with Gasteiger partial charge in [-0.2, -0.15) is 5.10 Å². The van der Waals surface area contributed by atoms with E-state index in [1.807, 2.05) is 0 Å². The van der Waals surface area contributed by atoms with Gasteiger partial charge in [-0.1, -0.05) is 13.8 Å². The van der Waals surface area contributed by atoms with Gasteiger partial charge in [0.15, 0.2) is 0 Å². The van der Waals surface area contributed by atoms with Gasteiger partial charge < -0.3 is 16.2 Å². The Kier molecular flexibility index (Phi) is 5.75. The molecule has 118 valence electrons. The average molecular weight is 296 g/mol. The molecule has 1 amide bonds. The van der Waals surface area contributed by atoms with Crippen LogP contribution in [0.15, 0.2) is 0 Å². The van der Waals surface area contributed by atoms with Gasteiger partial charge in [0, 0.05) is 20.0 Å². The van der Waals surface area contributed by atoms with E-state index in [0.29, 0.717) is 29.5 Å². The highest BCUT2D eigenvalue weighted by molar-refractivity contribution is 5.98. The van der Waals surface area contributed by atoms with Crippen molar-refractivity contribution in [2.75, 3.05) is 11.9 Å². The number of carboxylic acid groups (broad SMARTS) is 1. The van der Waals surface area contributed by atoms with Crippen molar-refractivity contribution in [2.24, 2.45) is 24.6 Å². The molecule has 1 aromatic heterocycles. The first-order valence-electron chi connectivity index (χ1n) is 7.01. The summed E-state index contributed by atoms with van der Waals surface area (Å²) in [4.78, 5) is 22.4. The second kappa shape index (κ2) is 7.10. The maximum atomic E-state index is 11.5. The van der Waals surface area contributed by atoms with Crippen LogP contribution in [0.1, 0.15) is 42.7 Å². The van der Waals surface area contributed by atoms with Gasteiger partial charge >= 0.3 is 5.97 Å². The zero-order valence-corrected chi connectivity index (χ0v) is 13.0. The van der Waals surface area contributed by atoms with Crippen molar-refractivity contribution in [1.82, 2.24) is 9.78 Å². The number of aliphatic carboxylic acids is 1. The molecule has 4 N–H and O–H groups in total. The summed E-state index contributed by atoms with van der Waals surface area (Å²) >= 11 is 0. The van der Waals surface area contributed by atoms with Crippen LogP contribution in [0.3, 0.4) is 0 Å². The van der Waals surface area contributed by atoms with E-state index in [1.165, 1.54) is 0 Å². The van der Waals surface area contributed by atoms with E-state index in [0.717, 1.165) is 6.42 Å². The minimum Gasteiger partial charge on any atom is -0.481 e. The lowest BCUT2D eigenvalue weighted by molar-refractivity contribution is -0.138. The van der Waals surface area contributed by atoms with Gasteiger partial charge in [0.25, 0.3) is 5.91 Å². The lowest BCUT2D eigenvalue weighted by Gasteiger charge is -2.18. The molecule has 0 aromatic carbocycles. The van der Waals surface area contributed by atoms with Crippen LogP contribution < -0.4 is 11.1 Å². The topological polar surface area (TPSA) is 110 Å². The van der Waals surface area contributed by atoms with Gasteiger partial charge in [-0.25, -0.2) is 0 Å². The van der Waals surface area contributed by atoms with Gasteiger partial charge in [0.05, 0.1) is 5.69 Å². The molecule has 0 radical (unpaired) electrons. The Morgan fingerprint density at radius 2 is 2.05 bits per heavy atom. The van der Waals surface area contributed by atoms with E-state index < -0.39 is 11.9 Å². The molecule has 0 saturated carbocycles. The van der Waals surface area contributed by atoms with E-state index >= 15 is 0 Å². The number of primary amides is 1. The SMILES string of the molecule is Cc1nn(C)c(NCC(CC(=O)O)CC(C)C)c1C(N)=O. The Bertz CT molecular complexity index is 523. The number of anilines is 1. The molecule has 7 heteroatoms. The van der Waals surface area contributed by atoms with Crippen molar-refractivity contribution < 1.29 is 14.7 Å². The summed E-state index contributed by atoms with van der Waals surface area (Å²) < 4.78 is 1.56. The number of nitrogens with one attached hydrogen (secondary N) is 1. The number of nitrogens with two attached hydrogens (primary N) is 1. The fraction of sp³-hybridized carbons (Fsp3) is 0.643. The number of hydrogen-bond donors (Lipinski definition) is 3. The first kappa shape index (κ1) is 17.0. The second-order valence-electron chi connectivity index (χ2n) is 5.77. The molecule has 0 aliphatic carbocycles. The molecule has 1 rings (SSSR count). The smallest absolute Gasteiger partial charge is 0.303 e. The molecule has 0 aliphatic heterocycles. The monoisotopic (exact) mass is 296 g/mol. The third-order valence-corrected chi connectivity index (χ3v) is 3.29. The molecule has 0 aliphatic rings. The van der Waals surface area contributed by atoms with E-state index in [2.05, 4.69) is 24.3 Å². The van der Waals surface area contributed by atoms with Crippen LogP contribution in [-0.2, 0) is 11.8 Å². The third kappa shape index (κ3) is 4.77. The summed E-state index contributed by atoms with van der Waals surface area (Å²) in [5.74, 6) is -0.432. The van der Waals surface area contributed by atoms with Gasteiger partial charge in [0.2, 0.25) is 0 Å². The Morgan fingerprint density at radius 1 is 1.43 bits per heavy atom. The van der Waals surface area contributed by atoms with Crippen LogP contribution in [-0.4, -0.2) is 33.3 Å². The summed E-state index contributed by atoms with van der Waals surface area (Å²) in [5.41, 5.74) is 6.29. The molecule has 0 fully saturated rings.